The topological polar surface area (TPSA) is 0 Å². The van der Waals surface area contributed by atoms with Crippen molar-refractivity contribution in [3.8, 4) is 11.8 Å². The molecule has 3 aromatic rings. The predicted octanol–water partition coefficient (Wildman–Crippen LogP) is 6.92. The summed E-state index contributed by atoms with van der Waals surface area (Å²) in [5.41, 5.74) is 4.96. The Bertz CT molecular complexity index is 904. The van der Waals surface area contributed by atoms with Crippen LogP contribution in [0.25, 0.3) is 10.8 Å². The molecule has 0 aromatic heterocycles. The zero-order valence-corrected chi connectivity index (χ0v) is 16.0. The minimum atomic E-state index is 1.07. The summed E-state index contributed by atoms with van der Waals surface area (Å²) in [5, 5.41) is 2.55. The van der Waals surface area contributed by atoms with Gasteiger partial charge in [0, 0.05) is 11.1 Å². The fourth-order valence-electron chi connectivity index (χ4n) is 3.25. The molecule has 0 nitrogen and oxygen atoms in total. The van der Waals surface area contributed by atoms with Gasteiger partial charge >= 0.3 is 0 Å². The Morgan fingerprint density at radius 2 is 1.27 bits per heavy atom. The van der Waals surface area contributed by atoms with Gasteiger partial charge < -0.3 is 0 Å². The average molecular weight is 341 g/mol. The van der Waals surface area contributed by atoms with Gasteiger partial charge in [-0.3, -0.25) is 0 Å². The van der Waals surface area contributed by atoms with E-state index in [1.807, 2.05) is 0 Å². The number of hydrogen-bond acceptors (Lipinski definition) is 0. The summed E-state index contributed by atoms with van der Waals surface area (Å²) in [6.45, 7) is 4.45. The van der Waals surface area contributed by atoms with E-state index in [1.165, 1.54) is 54.0 Å². The van der Waals surface area contributed by atoms with E-state index in [0.29, 0.717) is 0 Å². The van der Waals surface area contributed by atoms with Crippen molar-refractivity contribution in [2.24, 2.45) is 0 Å². The summed E-state index contributed by atoms with van der Waals surface area (Å²) in [7, 11) is 0. The molecule has 0 N–H and O–H groups in total. The van der Waals surface area contributed by atoms with Crippen molar-refractivity contribution in [1.82, 2.24) is 0 Å². The number of aryl methyl sites for hydroxylation is 2. The third kappa shape index (κ3) is 4.99. The fourth-order valence-corrected chi connectivity index (χ4v) is 3.25. The van der Waals surface area contributed by atoms with Crippen molar-refractivity contribution < 1.29 is 0 Å². The smallest absolute Gasteiger partial charge is 0.0255 e. The molecule has 0 amide bonds. The maximum atomic E-state index is 3.31. The highest BCUT2D eigenvalue weighted by Crippen LogP contribution is 2.18. The first-order valence-electron chi connectivity index (χ1n) is 9.92. The highest BCUT2D eigenvalue weighted by molar-refractivity contribution is 5.84. The molecular weight excluding hydrogens is 312 g/mol. The van der Waals surface area contributed by atoms with Crippen LogP contribution in [0.3, 0.4) is 0 Å². The summed E-state index contributed by atoms with van der Waals surface area (Å²) in [6, 6.07) is 21.9. The molecule has 0 bridgehead atoms. The zero-order chi connectivity index (χ0) is 18.2. The molecule has 0 atom stereocenters. The van der Waals surface area contributed by atoms with Crippen molar-refractivity contribution in [2.45, 2.75) is 52.4 Å². The van der Waals surface area contributed by atoms with Gasteiger partial charge in [-0.2, -0.15) is 0 Å². The molecule has 0 aliphatic heterocycles. The van der Waals surface area contributed by atoms with Crippen molar-refractivity contribution in [1.29, 1.82) is 0 Å². The normalized spacial score (nSPS) is 10.5. The summed E-state index contributed by atoms with van der Waals surface area (Å²) in [6.07, 6.45) is 7.51. The van der Waals surface area contributed by atoms with Crippen LogP contribution in [-0.2, 0) is 12.8 Å². The van der Waals surface area contributed by atoms with Crippen LogP contribution in [0.2, 0.25) is 0 Å². The average Bonchev–Trinajstić information content (AvgIpc) is 2.70. The van der Waals surface area contributed by atoms with Gasteiger partial charge in [0.1, 0.15) is 0 Å². The van der Waals surface area contributed by atoms with Crippen LogP contribution in [0.5, 0.6) is 0 Å². The Labute approximate surface area is 158 Å². The molecule has 3 rings (SSSR count). The second-order valence-corrected chi connectivity index (χ2v) is 7.01. The highest BCUT2D eigenvalue weighted by atomic mass is 14.0. The molecule has 0 spiro atoms. The molecule has 132 valence electrons. The molecule has 3 aromatic carbocycles. The number of benzene rings is 3. The maximum absolute atomic E-state index is 3.31. The highest BCUT2D eigenvalue weighted by Gasteiger charge is 1.97. The van der Waals surface area contributed by atoms with E-state index < -0.39 is 0 Å². The minimum Gasteiger partial charge on any atom is -0.0654 e. The lowest BCUT2D eigenvalue weighted by molar-refractivity contribution is 0.667. The zero-order valence-electron chi connectivity index (χ0n) is 16.0. The van der Waals surface area contributed by atoms with Gasteiger partial charge in [0.05, 0.1) is 0 Å². The van der Waals surface area contributed by atoms with Crippen LogP contribution in [0.15, 0.2) is 60.7 Å². The minimum absolute atomic E-state index is 1.07. The lowest BCUT2D eigenvalue weighted by Crippen LogP contribution is -1.86. The Morgan fingerprint density at radius 1 is 0.615 bits per heavy atom. The molecule has 0 unspecified atom stereocenters. The first-order chi connectivity index (χ1) is 12.8. The third-order valence-corrected chi connectivity index (χ3v) is 4.94. The van der Waals surface area contributed by atoms with Crippen LogP contribution in [0.1, 0.15) is 61.8 Å². The number of hydrogen-bond donors (Lipinski definition) is 0. The van der Waals surface area contributed by atoms with E-state index in [2.05, 4.69) is 86.4 Å². The van der Waals surface area contributed by atoms with Crippen molar-refractivity contribution >= 4 is 10.8 Å². The molecule has 0 fully saturated rings. The van der Waals surface area contributed by atoms with Crippen molar-refractivity contribution in [2.75, 3.05) is 0 Å². The Morgan fingerprint density at radius 3 is 2.04 bits per heavy atom. The Balaban J connectivity index is 1.67. The van der Waals surface area contributed by atoms with Crippen LogP contribution < -0.4 is 0 Å². The lowest BCUT2D eigenvalue weighted by Gasteiger charge is -2.02. The SMILES string of the molecule is CCCCCCc1ccc(C#Cc2ccc3cc(CC)ccc3c2)cc1. The number of unbranched alkanes of at least 4 members (excludes halogenated alkanes) is 3. The molecule has 0 radical (unpaired) electrons. The van der Waals surface area contributed by atoms with Gasteiger partial charge in [0.15, 0.2) is 0 Å². The van der Waals surface area contributed by atoms with Crippen molar-refractivity contribution in [3.05, 3.63) is 82.9 Å². The Hall–Kier alpha value is -2.52. The molecule has 26 heavy (non-hydrogen) atoms. The summed E-state index contributed by atoms with van der Waals surface area (Å²) in [5.74, 6) is 6.61. The molecule has 0 aliphatic carbocycles. The van der Waals surface area contributed by atoms with E-state index >= 15 is 0 Å². The molecular formula is C26H28. The lowest BCUT2D eigenvalue weighted by atomic mass is 10.0. The first-order valence-corrected chi connectivity index (χ1v) is 9.92. The molecule has 0 saturated carbocycles. The molecule has 0 heterocycles. The van der Waals surface area contributed by atoms with Gasteiger partial charge in [-0.15, -0.1) is 0 Å². The van der Waals surface area contributed by atoms with E-state index in [9.17, 15) is 0 Å². The van der Waals surface area contributed by atoms with E-state index in [0.717, 1.165) is 17.5 Å². The monoisotopic (exact) mass is 340 g/mol. The van der Waals surface area contributed by atoms with Gasteiger partial charge in [-0.1, -0.05) is 81.3 Å². The second kappa shape index (κ2) is 9.25. The number of rotatable bonds is 6. The quantitative estimate of drug-likeness (QED) is 0.337. The molecule has 0 saturated heterocycles. The van der Waals surface area contributed by atoms with Crippen LogP contribution in [0, 0.1) is 11.8 Å². The van der Waals surface area contributed by atoms with Crippen LogP contribution in [0.4, 0.5) is 0 Å². The van der Waals surface area contributed by atoms with Crippen LogP contribution in [-0.4, -0.2) is 0 Å². The van der Waals surface area contributed by atoms with E-state index in [1.54, 1.807) is 0 Å². The van der Waals surface area contributed by atoms with Gasteiger partial charge in [0.2, 0.25) is 0 Å². The van der Waals surface area contributed by atoms with Crippen molar-refractivity contribution in [3.63, 3.8) is 0 Å². The largest absolute Gasteiger partial charge is 0.0654 e. The van der Waals surface area contributed by atoms with Crippen LogP contribution >= 0.6 is 0 Å². The van der Waals surface area contributed by atoms with E-state index in [-0.39, 0.29) is 0 Å². The predicted molar refractivity (Wildman–Crippen MR) is 114 cm³/mol. The van der Waals surface area contributed by atoms with Gasteiger partial charge in [-0.25, -0.2) is 0 Å². The summed E-state index contributed by atoms with van der Waals surface area (Å²) >= 11 is 0. The second-order valence-electron chi connectivity index (χ2n) is 7.01. The number of fused-ring (bicyclic) bond motifs is 1. The third-order valence-electron chi connectivity index (χ3n) is 4.94. The molecule has 0 heteroatoms. The maximum Gasteiger partial charge on any atom is 0.0255 e. The first kappa shape index (κ1) is 18.3. The Kier molecular flexibility index (Phi) is 6.50. The van der Waals surface area contributed by atoms with Gasteiger partial charge in [0.25, 0.3) is 0 Å². The summed E-state index contributed by atoms with van der Waals surface area (Å²) < 4.78 is 0. The fraction of sp³-hybridized carbons (Fsp3) is 0.308. The molecule has 0 aliphatic rings. The van der Waals surface area contributed by atoms with E-state index in [4.69, 9.17) is 0 Å². The summed E-state index contributed by atoms with van der Waals surface area (Å²) in [4.78, 5) is 0. The van der Waals surface area contributed by atoms with Gasteiger partial charge in [-0.05, 0) is 65.4 Å². The standard InChI is InChI=1S/C26H28/c1-3-5-6-7-8-22-9-11-23(12-10-22)13-14-24-16-18-25-19-21(4-2)15-17-26(25)20-24/h9-12,15-20H,3-8H2,1-2H3.